The lowest BCUT2D eigenvalue weighted by Crippen LogP contribution is -2.36. The van der Waals surface area contributed by atoms with Crippen molar-refractivity contribution in [2.24, 2.45) is 0 Å². The van der Waals surface area contributed by atoms with Crippen molar-refractivity contribution in [1.29, 1.82) is 5.26 Å². The Morgan fingerprint density at radius 2 is 1.80 bits per heavy atom. The average molecular weight is 556 g/mol. The molecule has 9 heteroatoms. The lowest BCUT2D eigenvalue weighted by atomic mass is 10.0. The number of nitrogens with one attached hydrogen (secondary N) is 1. The quantitative estimate of drug-likeness (QED) is 0.291. The van der Waals surface area contributed by atoms with Crippen molar-refractivity contribution < 1.29 is 23.9 Å². The fraction of sp³-hybridized carbons (Fsp3) is 0.226. The Kier molecular flexibility index (Phi) is 9.25. The number of imide groups is 1. The second kappa shape index (κ2) is 13.0. The molecular formula is C31H29N3O5S. The van der Waals surface area contributed by atoms with Gasteiger partial charge in [-0.3, -0.25) is 19.3 Å². The minimum atomic E-state index is -0.535. The highest BCUT2D eigenvalue weighted by Crippen LogP contribution is 2.35. The van der Waals surface area contributed by atoms with Gasteiger partial charge in [0.15, 0.2) is 11.5 Å². The van der Waals surface area contributed by atoms with Crippen LogP contribution in [0.4, 0.5) is 10.5 Å². The van der Waals surface area contributed by atoms with Crippen LogP contribution in [0.3, 0.4) is 0 Å². The molecule has 0 unspecified atom stereocenters. The summed E-state index contributed by atoms with van der Waals surface area (Å²) in [5, 5.41) is 11.5. The number of nitrogens with zero attached hydrogens (tertiary/aromatic N) is 2. The molecule has 1 heterocycles. The molecule has 3 amide bonds. The van der Waals surface area contributed by atoms with Gasteiger partial charge >= 0.3 is 0 Å². The summed E-state index contributed by atoms with van der Waals surface area (Å²) in [6.07, 6.45) is 1.59. The lowest BCUT2D eigenvalue weighted by molar-refractivity contribution is -0.127. The highest BCUT2D eigenvalue weighted by molar-refractivity contribution is 8.18. The molecule has 1 aliphatic heterocycles. The van der Waals surface area contributed by atoms with E-state index in [1.807, 2.05) is 31.2 Å². The summed E-state index contributed by atoms with van der Waals surface area (Å²) >= 11 is 0.781. The minimum Gasteiger partial charge on any atom is -0.490 e. The number of hydrogen-bond acceptors (Lipinski definition) is 7. The zero-order valence-electron chi connectivity index (χ0n) is 22.5. The Labute approximate surface area is 237 Å². The third-order valence-corrected chi connectivity index (χ3v) is 7.03. The van der Waals surface area contributed by atoms with Crippen LogP contribution >= 0.6 is 11.8 Å². The molecule has 0 aromatic heterocycles. The van der Waals surface area contributed by atoms with Crippen molar-refractivity contribution in [3.8, 4) is 17.6 Å². The van der Waals surface area contributed by atoms with Gasteiger partial charge in [-0.15, -0.1) is 0 Å². The van der Waals surface area contributed by atoms with E-state index in [-0.39, 0.29) is 18.1 Å². The number of amides is 3. The normalized spacial score (nSPS) is 14.0. The maximum absolute atomic E-state index is 13.0. The standard InChI is InChI=1S/C31H29N3O5S/c1-4-38-27-15-21(9-14-26(27)39-19-24-8-6-5-7-23(24)17-32)16-28-30(36)34(31(37)40-28)18-29(35)33-25-12-10-22(11-13-25)20(2)3/h5-16,20H,4,18-19H2,1-3H3,(H,33,35)/b28-16+. The van der Waals surface area contributed by atoms with E-state index in [1.165, 1.54) is 0 Å². The van der Waals surface area contributed by atoms with Gasteiger partial charge in [0.05, 0.1) is 23.1 Å². The molecule has 1 saturated heterocycles. The Balaban J connectivity index is 1.43. The molecule has 0 radical (unpaired) electrons. The first-order valence-corrected chi connectivity index (χ1v) is 13.6. The smallest absolute Gasteiger partial charge is 0.294 e. The molecule has 8 nitrogen and oxygen atoms in total. The van der Waals surface area contributed by atoms with Gasteiger partial charge in [-0.05, 0) is 72.1 Å². The van der Waals surface area contributed by atoms with Gasteiger partial charge < -0.3 is 14.8 Å². The number of ether oxygens (including phenoxy) is 2. The number of carbonyl (C=O) groups is 3. The molecule has 3 aromatic carbocycles. The molecule has 0 saturated carbocycles. The predicted molar refractivity (Wildman–Crippen MR) is 155 cm³/mol. The van der Waals surface area contributed by atoms with Crippen molar-refractivity contribution in [2.75, 3.05) is 18.5 Å². The summed E-state index contributed by atoms with van der Waals surface area (Å²) in [5.41, 5.74) is 3.66. The third kappa shape index (κ3) is 6.90. The monoisotopic (exact) mass is 555 g/mol. The number of rotatable bonds is 10. The van der Waals surface area contributed by atoms with Gasteiger partial charge in [-0.25, -0.2) is 0 Å². The van der Waals surface area contributed by atoms with E-state index in [0.29, 0.717) is 40.8 Å². The van der Waals surface area contributed by atoms with Gasteiger partial charge in [-0.1, -0.05) is 50.2 Å². The zero-order chi connectivity index (χ0) is 28.6. The SMILES string of the molecule is CCOc1cc(/C=C2/SC(=O)N(CC(=O)Nc3ccc(C(C)C)cc3)C2=O)ccc1OCc1ccccc1C#N. The molecule has 4 rings (SSSR count). The molecule has 0 bridgehead atoms. The highest BCUT2D eigenvalue weighted by Gasteiger charge is 2.36. The molecule has 204 valence electrons. The summed E-state index contributed by atoms with van der Waals surface area (Å²) in [5.74, 6) is 0.323. The summed E-state index contributed by atoms with van der Waals surface area (Å²) in [4.78, 5) is 39.3. The first-order chi connectivity index (χ1) is 19.3. The zero-order valence-corrected chi connectivity index (χ0v) is 23.3. The first-order valence-electron chi connectivity index (χ1n) is 12.8. The number of nitriles is 1. The van der Waals surface area contributed by atoms with Gasteiger partial charge in [0.1, 0.15) is 13.2 Å². The second-order valence-corrected chi connectivity index (χ2v) is 10.3. The van der Waals surface area contributed by atoms with Crippen LogP contribution in [0, 0.1) is 11.3 Å². The molecule has 3 aromatic rings. The van der Waals surface area contributed by atoms with Crippen LogP contribution in [0.15, 0.2) is 71.6 Å². The number of anilines is 1. The van der Waals surface area contributed by atoms with Crippen molar-refractivity contribution in [3.05, 3.63) is 93.9 Å². The maximum atomic E-state index is 13.0. The van der Waals surface area contributed by atoms with E-state index in [4.69, 9.17) is 9.47 Å². The van der Waals surface area contributed by atoms with Crippen LogP contribution in [0.2, 0.25) is 0 Å². The summed E-state index contributed by atoms with van der Waals surface area (Å²) in [7, 11) is 0. The largest absolute Gasteiger partial charge is 0.490 e. The van der Waals surface area contributed by atoms with Gasteiger partial charge in [-0.2, -0.15) is 5.26 Å². The molecule has 1 fully saturated rings. The molecule has 40 heavy (non-hydrogen) atoms. The Morgan fingerprint density at radius 3 is 2.50 bits per heavy atom. The Bertz CT molecular complexity index is 1490. The van der Waals surface area contributed by atoms with Gasteiger partial charge in [0.2, 0.25) is 5.91 Å². The van der Waals surface area contributed by atoms with E-state index in [9.17, 15) is 19.6 Å². The number of carbonyl (C=O) groups excluding carboxylic acids is 3. The summed E-state index contributed by atoms with van der Waals surface area (Å²) in [6.45, 7) is 6.20. The molecular weight excluding hydrogens is 526 g/mol. The minimum absolute atomic E-state index is 0.186. The van der Waals surface area contributed by atoms with Gasteiger partial charge in [0.25, 0.3) is 11.1 Å². The van der Waals surface area contributed by atoms with E-state index in [0.717, 1.165) is 27.8 Å². The molecule has 0 spiro atoms. The average Bonchev–Trinajstić information content (AvgIpc) is 3.20. The fourth-order valence-corrected chi connectivity index (χ4v) is 4.83. The highest BCUT2D eigenvalue weighted by atomic mass is 32.2. The van der Waals surface area contributed by atoms with Crippen molar-refractivity contribution >= 4 is 40.6 Å². The third-order valence-electron chi connectivity index (χ3n) is 6.12. The fourth-order valence-electron chi connectivity index (χ4n) is 4.00. The van der Waals surface area contributed by atoms with Crippen molar-refractivity contribution in [3.63, 3.8) is 0 Å². The molecule has 1 N–H and O–H groups in total. The predicted octanol–water partition coefficient (Wildman–Crippen LogP) is 6.33. The topological polar surface area (TPSA) is 109 Å². The van der Waals surface area contributed by atoms with E-state index < -0.39 is 17.1 Å². The number of benzene rings is 3. The van der Waals surface area contributed by atoms with E-state index in [2.05, 4.69) is 25.2 Å². The van der Waals surface area contributed by atoms with Gasteiger partial charge in [0, 0.05) is 11.3 Å². The van der Waals surface area contributed by atoms with Crippen molar-refractivity contribution in [1.82, 2.24) is 4.90 Å². The lowest BCUT2D eigenvalue weighted by Gasteiger charge is -2.14. The second-order valence-electron chi connectivity index (χ2n) is 9.29. The van der Waals surface area contributed by atoms with Crippen molar-refractivity contribution in [2.45, 2.75) is 33.3 Å². The molecule has 0 aliphatic carbocycles. The molecule has 0 atom stereocenters. The molecule has 1 aliphatic rings. The first kappa shape index (κ1) is 28.5. The van der Waals surface area contributed by atoms with Crippen LogP contribution in [-0.2, 0) is 16.2 Å². The number of hydrogen-bond donors (Lipinski definition) is 1. The number of thioether (sulfide) groups is 1. The summed E-state index contributed by atoms with van der Waals surface area (Å²) in [6, 6.07) is 22.0. The van der Waals surface area contributed by atoms with E-state index in [1.54, 1.807) is 48.5 Å². The Morgan fingerprint density at radius 1 is 1.05 bits per heavy atom. The van der Waals surface area contributed by atoms with Crippen LogP contribution < -0.4 is 14.8 Å². The maximum Gasteiger partial charge on any atom is 0.294 e. The van der Waals surface area contributed by atoms with Crippen LogP contribution in [-0.4, -0.2) is 35.1 Å². The van der Waals surface area contributed by atoms with Crippen LogP contribution in [0.5, 0.6) is 11.5 Å². The van der Waals surface area contributed by atoms with Crippen LogP contribution in [0.1, 0.15) is 48.9 Å². The van der Waals surface area contributed by atoms with E-state index >= 15 is 0 Å². The van der Waals surface area contributed by atoms with Crippen LogP contribution in [0.25, 0.3) is 6.08 Å². The Hall–Kier alpha value is -4.55. The summed E-state index contributed by atoms with van der Waals surface area (Å²) < 4.78 is 11.7.